The van der Waals surface area contributed by atoms with E-state index in [2.05, 4.69) is 28.6 Å². The molecule has 0 aromatic carbocycles. The number of hydrogen-bond acceptors (Lipinski definition) is 4. The zero-order valence-electron chi connectivity index (χ0n) is 11.5. The maximum atomic E-state index is 12.1. The third-order valence-electron chi connectivity index (χ3n) is 3.65. The zero-order chi connectivity index (χ0) is 13.9. The van der Waals surface area contributed by atoms with E-state index in [-0.39, 0.29) is 5.91 Å². The smallest absolute Gasteiger partial charge is 0.261 e. The number of nitrogens with one attached hydrogen (secondary N) is 1. The maximum Gasteiger partial charge on any atom is 0.261 e. The van der Waals surface area contributed by atoms with Crippen molar-refractivity contribution >= 4 is 17.2 Å². The van der Waals surface area contributed by atoms with Gasteiger partial charge in [-0.05, 0) is 36.8 Å². The molecule has 0 fully saturated rings. The molecule has 0 bridgehead atoms. The van der Waals surface area contributed by atoms with Crippen molar-refractivity contribution in [1.82, 2.24) is 20.3 Å². The van der Waals surface area contributed by atoms with Crippen LogP contribution >= 0.6 is 11.3 Å². The summed E-state index contributed by atoms with van der Waals surface area (Å²) in [6.45, 7) is 3.49. The number of amides is 1. The van der Waals surface area contributed by atoms with Crippen molar-refractivity contribution in [1.29, 1.82) is 0 Å². The minimum absolute atomic E-state index is 0.0252. The Balaban J connectivity index is 1.57. The van der Waals surface area contributed by atoms with Crippen molar-refractivity contribution < 1.29 is 4.79 Å². The number of carbonyl (C=O) groups is 1. The second-order valence-electron chi connectivity index (χ2n) is 5.33. The van der Waals surface area contributed by atoms with Crippen LogP contribution in [0.5, 0.6) is 0 Å². The van der Waals surface area contributed by atoms with Crippen LogP contribution in [0.3, 0.4) is 0 Å². The fraction of sp³-hybridized carbons (Fsp3) is 0.500. The number of fused-ring (bicyclic) bond motifs is 1. The van der Waals surface area contributed by atoms with Crippen LogP contribution in [0.4, 0.5) is 0 Å². The minimum Gasteiger partial charge on any atom is -0.349 e. The molecule has 3 rings (SSSR count). The lowest BCUT2D eigenvalue weighted by Crippen LogP contribution is -2.26. The monoisotopic (exact) mass is 290 g/mol. The predicted octanol–water partition coefficient (Wildman–Crippen LogP) is 1.89. The minimum atomic E-state index is 0.0252. The molecule has 0 radical (unpaired) electrons. The Hall–Kier alpha value is -1.69. The van der Waals surface area contributed by atoms with Gasteiger partial charge in [0.05, 0.1) is 17.6 Å². The number of thiophene rings is 1. The number of nitrogens with zero attached hydrogens (tertiary/aromatic N) is 3. The zero-order valence-corrected chi connectivity index (χ0v) is 12.3. The highest BCUT2D eigenvalue weighted by molar-refractivity contribution is 7.14. The van der Waals surface area contributed by atoms with Gasteiger partial charge in [0.25, 0.3) is 5.91 Å². The average molecular weight is 290 g/mol. The van der Waals surface area contributed by atoms with Gasteiger partial charge in [-0.2, -0.15) is 0 Å². The van der Waals surface area contributed by atoms with E-state index in [0.29, 0.717) is 13.1 Å². The van der Waals surface area contributed by atoms with Crippen LogP contribution < -0.4 is 5.32 Å². The highest BCUT2D eigenvalue weighted by Crippen LogP contribution is 2.32. The first-order valence-corrected chi connectivity index (χ1v) is 7.78. The standard InChI is InChI=1S/C14H18N4OS/c1-10-2-3-12-11(8-10)9-13(20-12)14(19)15-4-6-18-7-5-16-17-18/h5,7,9-10H,2-4,6,8H2,1H3,(H,15,19)/t10-/m1/s1. The molecular weight excluding hydrogens is 272 g/mol. The van der Waals surface area contributed by atoms with E-state index < -0.39 is 0 Å². The molecule has 1 aliphatic rings. The van der Waals surface area contributed by atoms with Gasteiger partial charge in [0.15, 0.2) is 0 Å². The number of rotatable bonds is 4. The van der Waals surface area contributed by atoms with Gasteiger partial charge in [0.1, 0.15) is 0 Å². The molecule has 1 amide bonds. The second-order valence-corrected chi connectivity index (χ2v) is 6.47. The highest BCUT2D eigenvalue weighted by atomic mass is 32.1. The van der Waals surface area contributed by atoms with Crippen LogP contribution in [0.15, 0.2) is 18.5 Å². The molecule has 1 atom stereocenters. The number of aryl methyl sites for hydroxylation is 1. The van der Waals surface area contributed by atoms with Gasteiger partial charge in [0.2, 0.25) is 0 Å². The molecule has 1 aliphatic carbocycles. The lowest BCUT2D eigenvalue weighted by Gasteiger charge is -2.16. The second kappa shape index (κ2) is 5.75. The number of aromatic nitrogens is 3. The van der Waals surface area contributed by atoms with Crippen molar-refractivity contribution in [3.8, 4) is 0 Å². The highest BCUT2D eigenvalue weighted by Gasteiger charge is 2.20. The molecule has 5 nitrogen and oxygen atoms in total. The van der Waals surface area contributed by atoms with Crippen molar-refractivity contribution in [2.45, 2.75) is 32.7 Å². The van der Waals surface area contributed by atoms with Crippen molar-refractivity contribution in [3.05, 3.63) is 33.8 Å². The molecule has 106 valence electrons. The van der Waals surface area contributed by atoms with Crippen LogP contribution in [0.25, 0.3) is 0 Å². The Morgan fingerprint density at radius 3 is 3.30 bits per heavy atom. The first-order chi connectivity index (χ1) is 9.72. The van der Waals surface area contributed by atoms with Crippen LogP contribution in [-0.4, -0.2) is 27.4 Å². The molecule has 2 heterocycles. The summed E-state index contributed by atoms with van der Waals surface area (Å²) in [5.41, 5.74) is 1.37. The van der Waals surface area contributed by atoms with Crippen LogP contribution in [0, 0.1) is 5.92 Å². The van der Waals surface area contributed by atoms with Crippen molar-refractivity contribution in [2.24, 2.45) is 5.92 Å². The molecule has 0 unspecified atom stereocenters. The fourth-order valence-electron chi connectivity index (χ4n) is 2.54. The third kappa shape index (κ3) is 2.90. The lowest BCUT2D eigenvalue weighted by molar-refractivity contribution is 0.0956. The molecule has 1 N–H and O–H groups in total. The largest absolute Gasteiger partial charge is 0.349 e. The summed E-state index contributed by atoms with van der Waals surface area (Å²) in [5.74, 6) is 0.762. The van der Waals surface area contributed by atoms with Gasteiger partial charge in [-0.25, -0.2) is 0 Å². The Labute approximate surface area is 122 Å². The van der Waals surface area contributed by atoms with E-state index >= 15 is 0 Å². The summed E-state index contributed by atoms with van der Waals surface area (Å²) in [6.07, 6.45) is 6.89. The normalized spacial score (nSPS) is 17.8. The van der Waals surface area contributed by atoms with Crippen LogP contribution in [0.2, 0.25) is 0 Å². The summed E-state index contributed by atoms with van der Waals surface area (Å²) in [7, 11) is 0. The quantitative estimate of drug-likeness (QED) is 0.935. The van der Waals surface area contributed by atoms with Gasteiger partial charge in [-0.1, -0.05) is 12.1 Å². The molecule has 6 heteroatoms. The van der Waals surface area contributed by atoms with Gasteiger partial charge in [-0.15, -0.1) is 16.4 Å². The van der Waals surface area contributed by atoms with E-state index in [1.54, 1.807) is 28.4 Å². The van der Waals surface area contributed by atoms with Gasteiger partial charge >= 0.3 is 0 Å². The van der Waals surface area contributed by atoms with E-state index in [0.717, 1.165) is 23.6 Å². The van der Waals surface area contributed by atoms with Crippen LogP contribution in [0.1, 0.15) is 33.5 Å². The summed E-state index contributed by atoms with van der Waals surface area (Å²) in [4.78, 5) is 14.4. The maximum absolute atomic E-state index is 12.1. The molecular formula is C14H18N4OS. The van der Waals surface area contributed by atoms with E-state index in [4.69, 9.17) is 0 Å². The average Bonchev–Trinajstić information content (AvgIpc) is 3.06. The molecule has 0 aliphatic heterocycles. The summed E-state index contributed by atoms with van der Waals surface area (Å²) < 4.78 is 1.71. The van der Waals surface area contributed by atoms with Gasteiger partial charge in [0, 0.05) is 17.6 Å². The Morgan fingerprint density at radius 1 is 1.60 bits per heavy atom. The number of carbonyl (C=O) groups excluding carboxylic acids is 1. The molecule has 0 saturated heterocycles. The molecule has 0 saturated carbocycles. The van der Waals surface area contributed by atoms with Crippen molar-refractivity contribution in [2.75, 3.05) is 6.54 Å². The van der Waals surface area contributed by atoms with Crippen LogP contribution in [-0.2, 0) is 19.4 Å². The molecule has 0 spiro atoms. The van der Waals surface area contributed by atoms with Gasteiger partial charge < -0.3 is 5.32 Å². The van der Waals surface area contributed by atoms with E-state index in [1.165, 1.54) is 16.9 Å². The van der Waals surface area contributed by atoms with Gasteiger partial charge in [-0.3, -0.25) is 9.48 Å². The summed E-state index contributed by atoms with van der Waals surface area (Å²) >= 11 is 1.65. The molecule has 2 aromatic rings. The Bertz CT molecular complexity index is 590. The summed E-state index contributed by atoms with van der Waals surface area (Å²) in [5, 5.41) is 10.5. The SMILES string of the molecule is C[C@@H]1CCc2sc(C(=O)NCCn3ccnn3)cc2C1. The fourth-order valence-corrected chi connectivity index (χ4v) is 3.67. The molecule has 20 heavy (non-hydrogen) atoms. The third-order valence-corrected chi connectivity index (χ3v) is 4.89. The van der Waals surface area contributed by atoms with E-state index in [9.17, 15) is 4.79 Å². The Kier molecular flexibility index (Phi) is 3.82. The topological polar surface area (TPSA) is 59.8 Å². The van der Waals surface area contributed by atoms with E-state index in [1.807, 2.05) is 0 Å². The Morgan fingerprint density at radius 2 is 2.50 bits per heavy atom. The molecule has 2 aromatic heterocycles. The first kappa shape index (κ1) is 13.3. The first-order valence-electron chi connectivity index (χ1n) is 6.96. The van der Waals surface area contributed by atoms with Crippen molar-refractivity contribution in [3.63, 3.8) is 0 Å². The summed E-state index contributed by atoms with van der Waals surface area (Å²) in [6, 6.07) is 2.07. The lowest BCUT2D eigenvalue weighted by atomic mass is 9.90. The number of hydrogen-bond donors (Lipinski definition) is 1. The predicted molar refractivity (Wildman–Crippen MR) is 77.9 cm³/mol.